The van der Waals surface area contributed by atoms with Crippen molar-refractivity contribution in [3.63, 3.8) is 0 Å². The molecule has 0 aromatic heterocycles. The molecule has 2 aromatic carbocycles. The van der Waals surface area contributed by atoms with Crippen LogP contribution in [0.25, 0.3) is 0 Å². The van der Waals surface area contributed by atoms with Crippen LogP contribution in [0, 0.1) is 5.92 Å². The van der Waals surface area contributed by atoms with E-state index in [2.05, 4.69) is 10.2 Å². The Labute approximate surface area is 230 Å². The number of hydrogen-bond donors (Lipinski definition) is 1. The predicted octanol–water partition coefficient (Wildman–Crippen LogP) is 3.91. The van der Waals surface area contributed by atoms with Crippen LogP contribution in [-0.2, 0) is 19.6 Å². The summed E-state index contributed by atoms with van der Waals surface area (Å²) in [6, 6.07) is 14.2. The van der Waals surface area contributed by atoms with Gasteiger partial charge in [-0.2, -0.15) is 4.31 Å². The van der Waals surface area contributed by atoms with E-state index in [9.17, 15) is 18.0 Å². The SMILES string of the molecule is CCOC(=O)C1CCN(S(=O)(=O)c2cccc(C(=O)CNCC(c3ccc(Cl)cc3)N3CCCC3)c2)CC1. The molecule has 0 aliphatic carbocycles. The van der Waals surface area contributed by atoms with Gasteiger partial charge in [0.15, 0.2) is 5.78 Å². The molecule has 2 heterocycles. The largest absolute Gasteiger partial charge is 0.466 e. The second kappa shape index (κ2) is 13.2. The number of nitrogens with one attached hydrogen (secondary N) is 1. The second-order valence-electron chi connectivity index (χ2n) is 9.82. The van der Waals surface area contributed by atoms with Gasteiger partial charge in [-0.1, -0.05) is 35.9 Å². The van der Waals surface area contributed by atoms with Crippen molar-refractivity contribution < 1.29 is 22.7 Å². The van der Waals surface area contributed by atoms with Crippen LogP contribution in [0.4, 0.5) is 0 Å². The summed E-state index contributed by atoms with van der Waals surface area (Å²) in [5.74, 6) is -0.718. The number of Topliss-reactive ketones (excluding diaryl/α,β-unsaturated/α-hetero) is 1. The second-order valence-corrected chi connectivity index (χ2v) is 12.2. The number of carbonyl (C=O) groups is 2. The summed E-state index contributed by atoms with van der Waals surface area (Å²) in [5.41, 5.74) is 1.50. The number of hydrogen-bond acceptors (Lipinski definition) is 7. The summed E-state index contributed by atoms with van der Waals surface area (Å²) in [6.45, 7) is 5.29. The van der Waals surface area contributed by atoms with Crippen LogP contribution < -0.4 is 5.32 Å². The zero-order chi connectivity index (χ0) is 27.1. The lowest BCUT2D eigenvalue weighted by Gasteiger charge is -2.30. The first kappa shape index (κ1) is 28.7. The Bertz CT molecular complexity index is 1210. The molecule has 206 valence electrons. The zero-order valence-electron chi connectivity index (χ0n) is 21.8. The molecule has 10 heteroatoms. The van der Waals surface area contributed by atoms with Gasteiger partial charge in [0.25, 0.3) is 0 Å². The van der Waals surface area contributed by atoms with Gasteiger partial charge in [0.1, 0.15) is 0 Å². The van der Waals surface area contributed by atoms with Gasteiger partial charge in [0.05, 0.1) is 24.0 Å². The first-order valence-electron chi connectivity index (χ1n) is 13.3. The third-order valence-corrected chi connectivity index (χ3v) is 9.47. The van der Waals surface area contributed by atoms with Crippen molar-refractivity contribution >= 4 is 33.4 Å². The van der Waals surface area contributed by atoms with E-state index < -0.39 is 10.0 Å². The highest BCUT2D eigenvalue weighted by atomic mass is 35.5. The highest BCUT2D eigenvalue weighted by Crippen LogP contribution is 2.27. The molecule has 0 spiro atoms. The molecule has 4 rings (SSSR count). The fraction of sp³-hybridized carbons (Fsp3) is 0.500. The Kier molecular flexibility index (Phi) is 9.95. The number of esters is 1. The number of benzene rings is 2. The van der Waals surface area contributed by atoms with Crippen molar-refractivity contribution in [1.29, 1.82) is 0 Å². The van der Waals surface area contributed by atoms with Gasteiger partial charge in [0.2, 0.25) is 10.0 Å². The normalized spacial score (nSPS) is 18.4. The smallest absolute Gasteiger partial charge is 0.309 e. The summed E-state index contributed by atoms with van der Waals surface area (Å²) in [6.07, 6.45) is 3.16. The zero-order valence-corrected chi connectivity index (χ0v) is 23.3. The van der Waals surface area contributed by atoms with E-state index >= 15 is 0 Å². The number of ketones is 1. The van der Waals surface area contributed by atoms with E-state index in [0.29, 0.717) is 36.6 Å². The standard InChI is InChI=1S/C28H36ClN3O5S/c1-2-37-28(34)22-12-16-32(17-13-22)38(35,36)25-7-5-6-23(18-25)27(33)20-30-19-26(31-14-3-4-15-31)21-8-10-24(29)11-9-21/h5-11,18,22,26,30H,2-4,12-17,19-20H2,1H3. The average Bonchev–Trinajstić information content (AvgIpc) is 3.47. The molecule has 2 aromatic rings. The Morgan fingerprint density at radius 3 is 2.39 bits per heavy atom. The topological polar surface area (TPSA) is 96.0 Å². The minimum absolute atomic E-state index is 0.0917. The Morgan fingerprint density at radius 2 is 1.74 bits per heavy atom. The maximum atomic E-state index is 13.3. The molecule has 1 unspecified atom stereocenters. The molecule has 1 N–H and O–H groups in total. The van der Waals surface area contributed by atoms with E-state index in [1.165, 1.54) is 16.4 Å². The Balaban J connectivity index is 1.37. The van der Waals surface area contributed by atoms with Gasteiger partial charge in [-0.25, -0.2) is 8.42 Å². The maximum Gasteiger partial charge on any atom is 0.309 e. The molecular weight excluding hydrogens is 526 g/mol. The predicted molar refractivity (Wildman–Crippen MR) is 147 cm³/mol. The van der Waals surface area contributed by atoms with Crippen LogP contribution in [0.15, 0.2) is 53.4 Å². The van der Waals surface area contributed by atoms with Crippen LogP contribution in [0.3, 0.4) is 0 Å². The van der Waals surface area contributed by atoms with E-state index in [0.717, 1.165) is 31.5 Å². The number of ether oxygens (including phenoxy) is 1. The van der Waals surface area contributed by atoms with Crippen LogP contribution >= 0.6 is 11.6 Å². The molecule has 38 heavy (non-hydrogen) atoms. The number of nitrogens with zero attached hydrogens (tertiary/aromatic N) is 2. The number of piperidine rings is 1. The summed E-state index contributed by atoms with van der Waals surface area (Å²) in [4.78, 5) is 27.5. The third kappa shape index (κ3) is 7.01. The lowest BCUT2D eigenvalue weighted by atomic mass is 9.98. The summed E-state index contributed by atoms with van der Waals surface area (Å²) in [5, 5.41) is 3.98. The molecule has 0 saturated carbocycles. The molecular formula is C28H36ClN3O5S. The third-order valence-electron chi connectivity index (χ3n) is 7.33. The molecule has 2 aliphatic heterocycles. The number of likely N-dealkylation sites (tertiary alicyclic amines) is 1. The highest BCUT2D eigenvalue weighted by molar-refractivity contribution is 7.89. The van der Waals surface area contributed by atoms with Crippen molar-refractivity contribution in [1.82, 2.24) is 14.5 Å². The van der Waals surface area contributed by atoms with Gasteiger partial charge in [-0.15, -0.1) is 0 Å². The van der Waals surface area contributed by atoms with Crippen molar-refractivity contribution in [2.75, 3.05) is 45.9 Å². The van der Waals surface area contributed by atoms with Crippen LogP contribution in [-0.4, -0.2) is 75.3 Å². The molecule has 2 fully saturated rings. The molecule has 2 aliphatic rings. The molecule has 2 saturated heterocycles. The van der Waals surface area contributed by atoms with Crippen LogP contribution in [0.5, 0.6) is 0 Å². The minimum atomic E-state index is -3.77. The number of rotatable bonds is 11. The van der Waals surface area contributed by atoms with Crippen molar-refractivity contribution in [2.45, 2.75) is 43.5 Å². The molecule has 0 bridgehead atoms. The van der Waals surface area contributed by atoms with Gasteiger partial charge in [0, 0.05) is 36.3 Å². The fourth-order valence-corrected chi connectivity index (χ4v) is 6.83. The van der Waals surface area contributed by atoms with Crippen molar-refractivity contribution in [3.8, 4) is 0 Å². The fourth-order valence-electron chi connectivity index (χ4n) is 5.19. The van der Waals surface area contributed by atoms with Gasteiger partial charge >= 0.3 is 5.97 Å². The van der Waals surface area contributed by atoms with E-state index in [1.54, 1.807) is 19.1 Å². The molecule has 8 nitrogen and oxygen atoms in total. The highest BCUT2D eigenvalue weighted by Gasteiger charge is 2.33. The van der Waals surface area contributed by atoms with E-state index in [4.69, 9.17) is 16.3 Å². The Morgan fingerprint density at radius 1 is 1.05 bits per heavy atom. The Hall–Kier alpha value is -2.30. The van der Waals surface area contributed by atoms with Crippen molar-refractivity contribution in [3.05, 3.63) is 64.7 Å². The van der Waals surface area contributed by atoms with Crippen molar-refractivity contribution in [2.24, 2.45) is 5.92 Å². The lowest BCUT2D eigenvalue weighted by Crippen LogP contribution is -2.40. The van der Waals surface area contributed by atoms with Gasteiger partial charge in [-0.3, -0.25) is 14.5 Å². The number of sulfonamides is 1. The maximum absolute atomic E-state index is 13.3. The summed E-state index contributed by atoms with van der Waals surface area (Å²) < 4.78 is 33.0. The molecule has 0 amide bonds. The lowest BCUT2D eigenvalue weighted by molar-refractivity contribution is -0.149. The van der Waals surface area contributed by atoms with E-state index in [1.807, 2.05) is 24.3 Å². The monoisotopic (exact) mass is 561 g/mol. The van der Waals surface area contributed by atoms with Gasteiger partial charge in [-0.05, 0) is 75.5 Å². The van der Waals surface area contributed by atoms with E-state index in [-0.39, 0.29) is 48.2 Å². The first-order valence-corrected chi connectivity index (χ1v) is 15.1. The summed E-state index contributed by atoms with van der Waals surface area (Å²) >= 11 is 6.08. The molecule has 1 atom stereocenters. The molecule has 0 radical (unpaired) electrons. The minimum Gasteiger partial charge on any atom is -0.466 e. The van der Waals surface area contributed by atoms with Gasteiger partial charge < -0.3 is 10.1 Å². The summed E-state index contributed by atoms with van der Waals surface area (Å²) in [7, 11) is -3.77. The number of carbonyl (C=O) groups excluding carboxylic acids is 2. The quantitative estimate of drug-likeness (QED) is 0.328. The average molecular weight is 562 g/mol. The number of halogens is 1. The van der Waals surface area contributed by atoms with Crippen LogP contribution in [0.1, 0.15) is 54.6 Å². The van der Waals surface area contributed by atoms with Crippen LogP contribution in [0.2, 0.25) is 5.02 Å². The first-order chi connectivity index (χ1) is 18.3.